The van der Waals surface area contributed by atoms with Gasteiger partial charge in [-0.3, -0.25) is 0 Å². The molecule has 0 spiro atoms. The third-order valence-corrected chi connectivity index (χ3v) is 7.12. The van der Waals surface area contributed by atoms with Gasteiger partial charge in [-0.1, -0.05) is 24.6 Å². The van der Waals surface area contributed by atoms with E-state index < -0.39 is 35.7 Å². The number of esters is 1. The fourth-order valence-electron chi connectivity index (χ4n) is 5.03. The summed E-state index contributed by atoms with van der Waals surface area (Å²) in [5, 5.41) is 6.68. The maximum Gasteiger partial charge on any atom is 0.338 e. The second kappa shape index (κ2) is 14.9. The van der Waals surface area contributed by atoms with Crippen molar-refractivity contribution in [3.05, 3.63) is 75.5 Å². The number of aryl methyl sites for hydroxylation is 1. The molecule has 0 saturated carbocycles. The molecule has 2 aliphatic rings. The van der Waals surface area contributed by atoms with Crippen molar-refractivity contribution in [2.45, 2.75) is 38.8 Å². The quantitative estimate of drug-likeness (QED) is 0.398. The van der Waals surface area contributed by atoms with Crippen molar-refractivity contribution in [1.82, 2.24) is 15.5 Å². The van der Waals surface area contributed by atoms with Gasteiger partial charge in [-0.15, -0.1) is 0 Å². The molecular formula is C29H36ClF2N5O5. The number of anilines is 1. The highest BCUT2D eigenvalue weighted by atomic mass is 35.5. The molecule has 42 heavy (non-hydrogen) atoms. The number of ether oxygens (including phenoxy) is 2. The second-order valence-corrected chi connectivity index (χ2v) is 10.3. The Morgan fingerprint density at radius 1 is 1.12 bits per heavy atom. The number of urea groups is 2. The first-order chi connectivity index (χ1) is 20.0. The van der Waals surface area contributed by atoms with Crippen LogP contribution in [0.5, 0.6) is 0 Å². The lowest BCUT2D eigenvalue weighted by Gasteiger charge is -2.35. The summed E-state index contributed by atoms with van der Waals surface area (Å²) in [4.78, 5) is 39.1. The van der Waals surface area contributed by atoms with Crippen LogP contribution in [0.2, 0.25) is 5.02 Å². The van der Waals surface area contributed by atoms with Gasteiger partial charge in [0, 0.05) is 37.0 Å². The highest BCUT2D eigenvalue weighted by Gasteiger charge is 2.42. The van der Waals surface area contributed by atoms with Gasteiger partial charge in [-0.05, 0) is 67.8 Å². The maximum absolute atomic E-state index is 13.6. The first kappa shape index (κ1) is 32.8. The molecule has 0 unspecified atom stereocenters. The Hall–Kier alpha value is -3.74. The minimum Gasteiger partial charge on any atom is -0.466 e. The molecule has 10 nitrogen and oxygen atoms in total. The van der Waals surface area contributed by atoms with E-state index >= 15 is 0 Å². The second-order valence-electron chi connectivity index (χ2n) is 9.84. The summed E-state index contributed by atoms with van der Waals surface area (Å²) in [6.45, 7) is 7.40. The summed E-state index contributed by atoms with van der Waals surface area (Å²) in [5.74, 6) is -3.24. The molecule has 0 aliphatic carbocycles. The standard InChI is InChI=1S/C15H15F2N3O5.C14H21ClN2/c1-24-6-10-11(13(21)25-2)12(20(14(18)22)15(23)19-10)7-3-4-8(16)9(17)5-7;1-3-16-13-4-6-17(7-5-13)14-9-11(2)8-12(15)10-14/h3-5,12H,6H2,1-2H3,(H2,18,22)(H,19,23);8-10,13,16H,3-7H2,1-2H3/t12-;/m0./s1. The Bertz CT molecular complexity index is 1310. The van der Waals surface area contributed by atoms with Crippen molar-refractivity contribution in [3.8, 4) is 0 Å². The van der Waals surface area contributed by atoms with Crippen LogP contribution in [-0.2, 0) is 14.3 Å². The van der Waals surface area contributed by atoms with Crippen molar-refractivity contribution in [2.75, 3.05) is 45.4 Å². The van der Waals surface area contributed by atoms with E-state index in [-0.39, 0.29) is 23.4 Å². The predicted octanol–water partition coefficient (Wildman–Crippen LogP) is 4.41. The minimum absolute atomic E-state index is 0.0200. The number of benzene rings is 2. The number of rotatable bonds is 7. The molecular weight excluding hydrogens is 572 g/mol. The highest BCUT2D eigenvalue weighted by Crippen LogP contribution is 2.35. The minimum atomic E-state index is -1.40. The first-order valence-electron chi connectivity index (χ1n) is 13.4. The predicted molar refractivity (Wildman–Crippen MR) is 155 cm³/mol. The van der Waals surface area contributed by atoms with Gasteiger partial charge in [0.25, 0.3) is 0 Å². The monoisotopic (exact) mass is 607 g/mol. The van der Waals surface area contributed by atoms with Crippen LogP contribution >= 0.6 is 11.6 Å². The van der Waals surface area contributed by atoms with Crippen LogP contribution in [0, 0.1) is 18.6 Å². The van der Waals surface area contributed by atoms with Crippen LogP contribution in [-0.4, -0.2) is 69.4 Å². The molecule has 4 N–H and O–H groups in total. The van der Waals surface area contributed by atoms with Crippen molar-refractivity contribution >= 4 is 35.3 Å². The molecule has 2 aromatic carbocycles. The Morgan fingerprint density at radius 2 is 1.81 bits per heavy atom. The third kappa shape index (κ3) is 7.96. The number of methoxy groups -OCH3 is 2. The van der Waals surface area contributed by atoms with E-state index in [4.69, 9.17) is 22.1 Å². The SMILES string of the molecule is CCNC1CCN(c2cc(C)cc(Cl)c2)CC1.COCC1=C(C(=O)OC)[C@H](c2ccc(F)c(F)c2)N(C(N)=O)C(=O)N1. The number of hydrogen-bond donors (Lipinski definition) is 3. The van der Waals surface area contributed by atoms with Crippen LogP contribution in [0.3, 0.4) is 0 Å². The lowest BCUT2D eigenvalue weighted by atomic mass is 9.93. The summed E-state index contributed by atoms with van der Waals surface area (Å²) in [7, 11) is 2.41. The largest absolute Gasteiger partial charge is 0.466 e. The average Bonchev–Trinajstić information content (AvgIpc) is 2.94. The Balaban J connectivity index is 0.000000247. The van der Waals surface area contributed by atoms with Crippen molar-refractivity contribution in [1.29, 1.82) is 0 Å². The molecule has 0 aromatic heterocycles. The van der Waals surface area contributed by atoms with E-state index in [0.717, 1.165) is 50.0 Å². The number of amides is 4. The van der Waals surface area contributed by atoms with Crippen molar-refractivity contribution in [3.63, 3.8) is 0 Å². The van der Waals surface area contributed by atoms with Gasteiger partial charge in [0.05, 0.1) is 25.0 Å². The summed E-state index contributed by atoms with van der Waals surface area (Å²) in [5.41, 5.74) is 7.53. The van der Waals surface area contributed by atoms with Crippen molar-refractivity contribution in [2.24, 2.45) is 5.73 Å². The van der Waals surface area contributed by atoms with Gasteiger partial charge < -0.3 is 30.7 Å². The number of carbonyl (C=O) groups is 3. The maximum atomic E-state index is 13.6. The zero-order chi connectivity index (χ0) is 31.0. The van der Waals surface area contributed by atoms with E-state index in [1.165, 1.54) is 31.2 Å². The van der Waals surface area contributed by atoms with Gasteiger partial charge in [-0.2, -0.15) is 0 Å². The molecule has 2 heterocycles. The van der Waals surface area contributed by atoms with Gasteiger partial charge in [0.1, 0.15) is 6.04 Å². The van der Waals surface area contributed by atoms with Crippen LogP contribution < -0.4 is 21.3 Å². The fourth-order valence-corrected chi connectivity index (χ4v) is 5.31. The normalized spacial score (nSPS) is 17.4. The molecule has 1 atom stereocenters. The van der Waals surface area contributed by atoms with Gasteiger partial charge in [-0.25, -0.2) is 28.1 Å². The number of halogens is 3. The van der Waals surface area contributed by atoms with E-state index in [1.54, 1.807) is 0 Å². The van der Waals surface area contributed by atoms with Gasteiger partial charge >= 0.3 is 18.0 Å². The number of hydrogen-bond acceptors (Lipinski definition) is 7. The number of carbonyl (C=O) groups excluding carboxylic acids is 3. The molecule has 1 fully saturated rings. The number of nitrogens with one attached hydrogen (secondary N) is 2. The zero-order valence-electron chi connectivity index (χ0n) is 24.0. The van der Waals surface area contributed by atoms with Crippen LogP contribution in [0.1, 0.15) is 36.9 Å². The Labute approximate surface area is 248 Å². The molecule has 1 saturated heterocycles. The lowest BCUT2D eigenvalue weighted by molar-refractivity contribution is -0.137. The molecule has 2 aliphatic heterocycles. The summed E-state index contributed by atoms with van der Waals surface area (Å²) in [6.07, 6.45) is 2.44. The molecule has 2 aromatic rings. The van der Waals surface area contributed by atoms with Crippen molar-refractivity contribution < 1.29 is 32.6 Å². The molecule has 228 valence electrons. The number of nitrogens with two attached hydrogens (primary N) is 1. The number of nitrogens with zero attached hydrogens (tertiary/aromatic N) is 2. The third-order valence-electron chi connectivity index (χ3n) is 6.90. The van der Waals surface area contributed by atoms with E-state index in [9.17, 15) is 23.2 Å². The molecule has 0 radical (unpaired) electrons. The van der Waals surface area contributed by atoms with E-state index in [1.807, 2.05) is 6.07 Å². The lowest BCUT2D eigenvalue weighted by Crippen LogP contribution is -2.54. The van der Waals surface area contributed by atoms with Crippen LogP contribution in [0.25, 0.3) is 0 Å². The number of piperidine rings is 1. The smallest absolute Gasteiger partial charge is 0.338 e. The number of primary amides is 1. The number of imide groups is 1. The Kier molecular flexibility index (Phi) is 11.7. The molecule has 0 bridgehead atoms. The molecule has 4 amide bonds. The van der Waals surface area contributed by atoms with Gasteiger partial charge in [0.2, 0.25) is 0 Å². The summed E-state index contributed by atoms with van der Waals surface area (Å²) in [6, 6.07) is 6.16. The van der Waals surface area contributed by atoms with Gasteiger partial charge in [0.15, 0.2) is 11.6 Å². The highest BCUT2D eigenvalue weighted by molar-refractivity contribution is 6.30. The topological polar surface area (TPSA) is 126 Å². The fraction of sp³-hybridized carbons (Fsp3) is 0.414. The Morgan fingerprint density at radius 3 is 2.36 bits per heavy atom. The molecule has 13 heteroatoms. The average molecular weight is 608 g/mol. The first-order valence-corrected chi connectivity index (χ1v) is 13.8. The van der Waals surface area contributed by atoms with E-state index in [0.29, 0.717) is 10.9 Å². The summed E-state index contributed by atoms with van der Waals surface area (Å²) < 4.78 is 36.5. The zero-order valence-corrected chi connectivity index (χ0v) is 24.8. The molecule has 4 rings (SSSR count). The van der Waals surface area contributed by atoms with Crippen LogP contribution in [0.4, 0.5) is 24.1 Å². The summed E-state index contributed by atoms with van der Waals surface area (Å²) >= 11 is 6.11. The van der Waals surface area contributed by atoms with E-state index in [2.05, 4.69) is 46.3 Å². The van der Waals surface area contributed by atoms with Crippen LogP contribution in [0.15, 0.2) is 47.7 Å².